The fourth-order valence-electron chi connectivity index (χ4n) is 1.93. The Bertz CT molecular complexity index is 224. The molecule has 0 amide bonds. The van der Waals surface area contributed by atoms with E-state index in [1.807, 2.05) is 6.92 Å². The number of rotatable bonds is 3. The Hall–Kier alpha value is -1.04. The van der Waals surface area contributed by atoms with E-state index < -0.39 is 0 Å². The molecule has 0 aliphatic heterocycles. The van der Waals surface area contributed by atoms with Crippen molar-refractivity contribution in [1.82, 2.24) is 0 Å². The van der Waals surface area contributed by atoms with Gasteiger partial charge in [0, 0.05) is 19.3 Å². The van der Waals surface area contributed by atoms with Crippen LogP contribution in [0.15, 0.2) is 0 Å². The second-order valence-electron chi connectivity index (χ2n) is 3.81. The van der Waals surface area contributed by atoms with Crippen LogP contribution in [0.2, 0.25) is 0 Å². The molecule has 0 spiro atoms. The van der Waals surface area contributed by atoms with Crippen LogP contribution in [0.25, 0.3) is 4.85 Å². The molecule has 14 heavy (non-hydrogen) atoms. The van der Waals surface area contributed by atoms with Crippen LogP contribution in [-0.4, -0.2) is 18.6 Å². The van der Waals surface area contributed by atoms with Gasteiger partial charge >= 0.3 is 5.97 Å². The van der Waals surface area contributed by atoms with E-state index in [2.05, 4.69) is 4.85 Å². The van der Waals surface area contributed by atoms with E-state index in [9.17, 15) is 4.79 Å². The van der Waals surface area contributed by atoms with E-state index in [0.29, 0.717) is 18.9 Å². The van der Waals surface area contributed by atoms with Gasteiger partial charge < -0.3 is 9.58 Å². The maximum atomic E-state index is 11.2. The minimum Gasteiger partial charge on any atom is -0.466 e. The van der Waals surface area contributed by atoms with Crippen molar-refractivity contribution in [2.24, 2.45) is 5.92 Å². The number of carbonyl (C=O) groups is 1. The Morgan fingerprint density at radius 2 is 2.07 bits per heavy atom. The topological polar surface area (TPSA) is 30.7 Å². The first-order valence-corrected chi connectivity index (χ1v) is 5.28. The molecular formula is C11H17NO2. The minimum atomic E-state index is -0.0845. The third-order valence-corrected chi connectivity index (χ3v) is 2.76. The van der Waals surface area contributed by atoms with Crippen LogP contribution in [0, 0.1) is 12.5 Å². The standard InChI is InChI=1S/C11H17NO2/c1-3-14-11(13)8-9-4-6-10(12-2)7-5-9/h9-10H,3-8H2,1H3/t9-,10-. The molecule has 1 aliphatic rings. The summed E-state index contributed by atoms with van der Waals surface area (Å²) in [5.41, 5.74) is 0. The summed E-state index contributed by atoms with van der Waals surface area (Å²) in [7, 11) is 0. The average molecular weight is 195 g/mol. The minimum absolute atomic E-state index is 0.0845. The lowest BCUT2D eigenvalue weighted by atomic mass is 9.84. The van der Waals surface area contributed by atoms with E-state index in [0.717, 1.165) is 25.7 Å². The summed E-state index contributed by atoms with van der Waals surface area (Å²) in [5, 5.41) is 0. The van der Waals surface area contributed by atoms with E-state index in [1.54, 1.807) is 0 Å². The van der Waals surface area contributed by atoms with Gasteiger partial charge in [-0.1, -0.05) is 0 Å². The van der Waals surface area contributed by atoms with Crippen LogP contribution in [0.3, 0.4) is 0 Å². The molecule has 1 rings (SSSR count). The van der Waals surface area contributed by atoms with Crippen molar-refractivity contribution in [3.8, 4) is 0 Å². The zero-order valence-corrected chi connectivity index (χ0v) is 8.66. The zero-order valence-electron chi connectivity index (χ0n) is 8.66. The lowest BCUT2D eigenvalue weighted by Gasteiger charge is -2.21. The fraction of sp³-hybridized carbons (Fsp3) is 0.818. The molecule has 78 valence electrons. The molecule has 0 N–H and O–H groups in total. The number of hydrogen-bond donors (Lipinski definition) is 0. The first-order chi connectivity index (χ1) is 6.76. The Kier molecular flexibility index (Phi) is 4.45. The van der Waals surface area contributed by atoms with Gasteiger partial charge in [-0.05, 0) is 25.7 Å². The van der Waals surface area contributed by atoms with Crippen LogP contribution in [0.4, 0.5) is 0 Å². The fourth-order valence-corrected chi connectivity index (χ4v) is 1.93. The molecule has 0 aromatic rings. The number of carbonyl (C=O) groups excluding carboxylic acids is 1. The highest BCUT2D eigenvalue weighted by molar-refractivity contribution is 5.69. The molecular weight excluding hydrogens is 178 g/mol. The highest BCUT2D eigenvalue weighted by Gasteiger charge is 2.25. The van der Waals surface area contributed by atoms with Gasteiger partial charge in [0.2, 0.25) is 6.04 Å². The summed E-state index contributed by atoms with van der Waals surface area (Å²) in [5.74, 6) is 0.366. The van der Waals surface area contributed by atoms with Gasteiger partial charge in [-0.25, -0.2) is 6.57 Å². The Labute approximate surface area is 85.3 Å². The van der Waals surface area contributed by atoms with Crippen molar-refractivity contribution in [1.29, 1.82) is 0 Å². The number of nitrogens with zero attached hydrogens (tertiary/aromatic N) is 1. The van der Waals surface area contributed by atoms with Crippen molar-refractivity contribution >= 4 is 5.97 Å². The third kappa shape index (κ3) is 3.37. The van der Waals surface area contributed by atoms with Gasteiger partial charge in [0.15, 0.2) is 0 Å². The molecule has 0 saturated heterocycles. The lowest BCUT2D eigenvalue weighted by Crippen LogP contribution is -2.19. The van der Waals surface area contributed by atoms with Gasteiger partial charge in [0.1, 0.15) is 0 Å². The van der Waals surface area contributed by atoms with Gasteiger partial charge in [-0.3, -0.25) is 4.79 Å². The molecule has 1 saturated carbocycles. The second kappa shape index (κ2) is 5.64. The lowest BCUT2D eigenvalue weighted by molar-refractivity contribution is -0.144. The van der Waals surface area contributed by atoms with Gasteiger partial charge in [-0.15, -0.1) is 0 Å². The smallest absolute Gasteiger partial charge is 0.306 e. The summed E-state index contributed by atoms with van der Waals surface area (Å²) >= 11 is 0. The molecule has 1 fully saturated rings. The normalized spacial score (nSPS) is 26.6. The van der Waals surface area contributed by atoms with E-state index in [-0.39, 0.29) is 12.0 Å². The summed E-state index contributed by atoms with van der Waals surface area (Å²) < 4.78 is 4.90. The molecule has 0 unspecified atom stereocenters. The largest absolute Gasteiger partial charge is 0.466 e. The monoisotopic (exact) mass is 195 g/mol. The molecule has 1 aliphatic carbocycles. The number of hydrogen-bond acceptors (Lipinski definition) is 2. The molecule has 0 bridgehead atoms. The summed E-state index contributed by atoms with van der Waals surface area (Å²) in [6.07, 6.45) is 4.46. The highest BCUT2D eigenvalue weighted by atomic mass is 16.5. The highest BCUT2D eigenvalue weighted by Crippen LogP contribution is 2.28. The molecule has 0 aromatic carbocycles. The molecule has 3 nitrogen and oxygen atoms in total. The molecule has 0 aromatic heterocycles. The summed E-state index contributed by atoms with van der Waals surface area (Å²) in [6, 6.07) is 0.202. The van der Waals surface area contributed by atoms with Crippen LogP contribution < -0.4 is 0 Å². The van der Waals surface area contributed by atoms with E-state index in [1.165, 1.54) is 0 Å². The number of ether oxygens (including phenoxy) is 1. The Balaban J connectivity index is 2.22. The van der Waals surface area contributed by atoms with Crippen LogP contribution in [-0.2, 0) is 9.53 Å². The molecule has 3 heteroatoms. The van der Waals surface area contributed by atoms with Gasteiger partial charge in [-0.2, -0.15) is 0 Å². The number of esters is 1. The SMILES string of the molecule is [C-]#[N+][C@H]1CC[C@H](CC(=O)OCC)CC1. The third-order valence-electron chi connectivity index (χ3n) is 2.76. The molecule has 0 heterocycles. The molecule has 0 atom stereocenters. The van der Waals surface area contributed by atoms with Crippen molar-refractivity contribution < 1.29 is 9.53 Å². The van der Waals surface area contributed by atoms with Gasteiger partial charge in [0.25, 0.3) is 0 Å². The van der Waals surface area contributed by atoms with Gasteiger partial charge in [0.05, 0.1) is 6.61 Å². The van der Waals surface area contributed by atoms with Crippen LogP contribution in [0.5, 0.6) is 0 Å². The first-order valence-electron chi connectivity index (χ1n) is 5.28. The summed E-state index contributed by atoms with van der Waals surface area (Å²) in [6.45, 7) is 9.20. The predicted octanol–water partition coefficient (Wildman–Crippen LogP) is 2.42. The Morgan fingerprint density at radius 1 is 1.43 bits per heavy atom. The van der Waals surface area contributed by atoms with Crippen molar-refractivity contribution in [3.05, 3.63) is 11.4 Å². The van der Waals surface area contributed by atoms with E-state index in [4.69, 9.17) is 11.3 Å². The van der Waals surface area contributed by atoms with E-state index >= 15 is 0 Å². The average Bonchev–Trinajstić information content (AvgIpc) is 2.19. The summed E-state index contributed by atoms with van der Waals surface area (Å²) in [4.78, 5) is 14.7. The second-order valence-corrected chi connectivity index (χ2v) is 3.81. The van der Waals surface area contributed by atoms with Crippen molar-refractivity contribution in [2.45, 2.75) is 45.1 Å². The maximum absolute atomic E-state index is 11.2. The molecule has 0 radical (unpaired) electrons. The van der Waals surface area contributed by atoms with Crippen LogP contribution in [0.1, 0.15) is 39.0 Å². The first kappa shape index (κ1) is 11.0. The zero-order chi connectivity index (χ0) is 10.4. The van der Waals surface area contributed by atoms with Crippen molar-refractivity contribution in [3.63, 3.8) is 0 Å². The predicted molar refractivity (Wildman–Crippen MR) is 53.6 cm³/mol. The van der Waals surface area contributed by atoms with Crippen molar-refractivity contribution in [2.75, 3.05) is 6.61 Å². The Morgan fingerprint density at radius 3 is 2.57 bits per heavy atom. The van der Waals surface area contributed by atoms with Crippen LogP contribution >= 0.6 is 0 Å². The maximum Gasteiger partial charge on any atom is 0.306 e. The quantitative estimate of drug-likeness (QED) is 0.511.